The van der Waals surface area contributed by atoms with Crippen LogP contribution in [-0.2, 0) is 12.3 Å². The van der Waals surface area contributed by atoms with Crippen LogP contribution < -0.4 is 11.5 Å². The monoisotopic (exact) mass is 314 g/mol. The summed E-state index contributed by atoms with van der Waals surface area (Å²) in [6, 6.07) is 13.4. The third kappa shape index (κ3) is 3.04. The molecule has 6 heteroatoms. The Hall–Kier alpha value is -2.53. The van der Waals surface area contributed by atoms with Gasteiger partial charge in [0.05, 0.1) is 11.3 Å². The molecule has 0 radical (unpaired) electrons. The first-order valence-corrected chi connectivity index (χ1v) is 7.31. The van der Waals surface area contributed by atoms with Crippen LogP contribution in [0.5, 0.6) is 0 Å². The van der Waals surface area contributed by atoms with E-state index in [1.807, 2.05) is 30.3 Å². The Morgan fingerprint density at radius 2 is 1.73 bits per heavy atom. The van der Waals surface area contributed by atoms with Crippen molar-refractivity contribution in [2.75, 3.05) is 11.5 Å². The van der Waals surface area contributed by atoms with E-state index in [1.165, 1.54) is 0 Å². The second-order valence-corrected chi connectivity index (χ2v) is 5.25. The number of hydrogen-bond acceptors (Lipinski definition) is 5. The van der Waals surface area contributed by atoms with Gasteiger partial charge in [-0.3, -0.25) is 0 Å². The molecule has 2 heterocycles. The molecule has 3 rings (SSSR count). The van der Waals surface area contributed by atoms with Crippen LogP contribution >= 0.6 is 11.6 Å². The Bertz CT molecular complexity index is 783. The summed E-state index contributed by atoms with van der Waals surface area (Å²) in [7, 11) is 0. The number of pyridine rings is 1. The molecule has 3 aromatic rings. The molecular formula is C16H15ClN4O. The van der Waals surface area contributed by atoms with Gasteiger partial charge in [0.1, 0.15) is 11.6 Å². The maximum atomic E-state index is 5.86. The van der Waals surface area contributed by atoms with Crippen molar-refractivity contribution in [1.29, 1.82) is 0 Å². The van der Waals surface area contributed by atoms with Crippen molar-refractivity contribution < 1.29 is 4.52 Å². The van der Waals surface area contributed by atoms with E-state index in [1.54, 1.807) is 12.1 Å². The van der Waals surface area contributed by atoms with E-state index in [0.717, 1.165) is 16.8 Å². The van der Waals surface area contributed by atoms with E-state index in [-0.39, 0.29) is 0 Å². The second-order valence-electron chi connectivity index (χ2n) is 4.98. The van der Waals surface area contributed by atoms with E-state index >= 15 is 0 Å². The smallest absolute Gasteiger partial charge is 0.170 e. The molecule has 0 atom stereocenters. The fourth-order valence-electron chi connectivity index (χ4n) is 2.18. The first-order chi connectivity index (χ1) is 10.7. The summed E-state index contributed by atoms with van der Waals surface area (Å²) in [6.07, 6.45) is 0.675. The lowest BCUT2D eigenvalue weighted by molar-refractivity contribution is 0.425. The fourth-order valence-corrected chi connectivity index (χ4v) is 2.35. The third-order valence-corrected chi connectivity index (χ3v) is 3.64. The average molecular weight is 315 g/mol. The van der Waals surface area contributed by atoms with Crippen molar-refractivity contribution in [3.8, 4) is 11.3 Å². The van der Waals surface area contributed by atoms with Crippen molar-refractivity contribution in [2.24, 2.45) is 0 Å². The predicted molar refractivity (Wildman–Crippen MR) is 87.4 cm³/mol. The molecule has 0 aliphatic carbocycles. The summed E-state index contributed by atoms with van der Waals surface area (Å²) < 4.78 is 5.36. The van der Waals surface area contributed by atoms with E-state index in [0.29, 0.717) is 35.3 Å². The summed E-state index contributed by atoms with van der Waals surface area (Å²) in [5.41, 5.74) is 15.2. The molecule has 0 unspecified atom stereocenters. The number of halogens is 1. The summed E-state index contributed by atoms with van der Waals surface area (Å²) in [5.74, 6) is 1.80. The van der Waals surface area contributed by atoms with Crippen molar-refractivity contribution in [1.82, 2.24) is 10.1 Å². The number of aromatic nitrogens is 2. The largest absolute Gasteiger partial charge is 0.384 e. The molecule has 0 amide bonds. The average Bonchev–Trinajstić information content (AvgIpc) is 2.96. The number of alkyl halides is 1. The number of rotatable bonds is 4. The Morgan fingerprint density at radius 3 is 2.41 bits per heavy atom. The summed E-state index contributed by atoms with van der Waals surface area (Å²) in [6.45, 7) is 0. The van der Waals surface area contributed by atoms with Gasteiger partial charge in [0.2, 0.25) is 0 Å². The van der Waals surface area contributed by atoms with Gasteiger partial charge in [-0.05, 0) is 23.3 Å². The van der Waals surface area contributed by atoms with E-state index in [4.69, 9.17) is 27.6 Å². The zero-order chi connectivity index (χ0) is 15.5. The maximum absolute atomic E-state index is 5.86. The van der Waals surface area contributed by atoms with Crippen LogP contribution in [0.2, 0.25) is 0 Å². The standard InChI is InChI=1S/C16H15ClN4O/c17-9-11-3-1-10(2-4-11)7-12-8-14(22-21-12)13-5-6-15(18)20-16(13)19/h1-6,8H,7,9H2,(H4,18,19,20). The normalized spacial score (nSPS) is 10.8. The highest BCUT2D eigenvalue weighted by Crippen LogP contribution is 2.26. The zero-order valence-corrected chi connectivity index (χ0v) is 12.5. The lowest BCUT2D eigenvalue weighted by Crippen LogP contribution is -1.97. The molecule has 0 aliphatic heterocycles. The Kier molecular flexibility index (Phi) is 3.98. The van der Waals surface area contributed by atoms with Crippen LogP contribution in [0.1, 0.15) is 16.8 Å². The number of benzene rings is 1. The molecular weight excluding hydrogens is 300 g/mol. The second kappa shape index (κ2) is 6.07. The number of nitrogens with zero attached hydrogens (tertiary/aromatic N) is 2. The first-order valence-electron chi connectivity index (χ1n) is 6.77. The van der Waals surface area contributed by atoms with Crippen LogP contribution in [0.3, 0.4) is 0 Å². The number of hydrogen-bond donors (Lipinski definition) is 2. The van der Waals surface area contributed by atoms with Crippen LogP contribution in [0, 0.1) is 0 Å². The maximum Gasteiger partial charge on any atom is 0.170 e. The minimum Gasteiger partial charge on any atom is -0.384 e. The van der Waals surface area contributed by atoms with Gasteiger partial charge in [-0.25, -0.2) is 4.98 Å². The number of nitrogen functional groups attached to an aromatic ring is 2. The van der Waals surface area contributed by atoms with Crippen LogP contribution in [-0.4, -0.2) is 10.1 Å². The molecule has 4 N–H and O–H groups in total. The van der Waals surface area contributed by atoms with Crippen molar-refractivity contribution >= 4 is 23.2 Å². The zero-order valence-electron chi connectivity index (χ0n) is 11.8. The minimum absolute atomic E-state index is 0.328. The lowest BCUT2D eigenvalue weighted by atomic mass is 10.1. The van der Waals surface area contributed by atoms with Gasteiger partial charge in [-0.1, -0.05) is 29.4 Å². The first kappa shape index (κ1) is 14.4. The molecule has 2 aromatic heterocycles. The quantitative estimate of drug-likeness (QED) is 0.721. The SMILES string of the molecule is Nc1ccc(-c2cc(Cc3ccc(CCl)cc3)no2)c(N)n1. The van der Waals surface area contributed by atoms with Gasteiger partial charge in [0.25, 0.3) is 0 Å². The lowest BCUT2D eigenvalue weighted by Gasteiger charge is -2.01. The van der Waals surface area contributed by atoms with Gasteiger partial charge < -0.3 is 16.0 Å². The Balaban J connectivity index is 1.81. The van der Waals surface area contributed by atoms with Crippen molar-refractivity contribution in [3.63, 3.8) is 0 Å². The highest BCUT2D eigenvalue weighted by Gasteiger charge is 2.11. The predicted octanol–water partition coefficient (Wildman–Crippen LogP) is 3.23. The van der Waals surface area contributed by atoms with Gasteiger partial charge >= 0.3 is 0 Å². The third-order valence-electron chi connectivity index (χ3n) is 3.33. The van der Waals surface area contributed by atoms with Gasteiger partial charge in [-0.15, -0.1) is 11.6 Å². The van der Waals surface area contributed by atoms with E-state index < -0.39 is 0 Å². The molecule has 22 heavy (non-hydrogen) atoms. The molecule has 112 valence electrons. The van der Waals surface area contributed by atoms with Crippen molar-refractivity contribution in [3.05, 3.63) is 59.3 Å². The summed E-state index contributed by atoms with van der Waals surface area (Å²) in [4.78, 5) is 4.02. The van der Waals surface area contributed by atoms with Crippen LogP contribution in [0.15, 0.2) is 47.0 Å². The van der Waals surface area contributed by atoms with Crippen LogP contribution in [0.25, 0.3) is 11.3 Å². The topological polar surface area (TPSA) is 91.0 Å². The minimum atomic E-state index is 0.328. The molecule has 1 aromatic carbocycles. The molecule has 0 saturated heterocycles. The molecule has 0 spiro atoms. The fraction of sp³-hybridized carbons (Fsp3) is 0.125. The molecule has 0 saturated carbocycles. The molecule has 0 aliphatic rings. The number of nitrogens with two attached hydrogens (primary N) is 2. The van der Waals surface area contributed by atoms with E-state index in [9.17, 15) is 0 Å². The van der Waals surface area contributed by atoms with Gasteiger partial charge in [-0.2, -0.15) is 0 Å². The van der Waals surface area contributed by atoms with Gasteiger partial charge in [0.15, 0.2) is 5.76 Å². The molecule has 0 fully saturated rings. The highest BCUT2D eigenvalue weighted by atomic mass is 35.5. The molecule has 5 nitrogen and oxygen atoms in total. The van der Waals surface area contributed by atoms with E-state index in [2.05, 4.69) is 10.1 Å². The number of anilines is 2. The Morgan fingerprint density at radius 1 is 1.00 bits per heavy atom. The summed E-state index contributed by atoms with van der Waals surface area (Å²) in [5, 5.41) is 4.08. The van der Waals surface area contributed by atoms with Crippen molar-refractivity contribution in [2.45, 2.75) is 12.3 Å². The molecule has 0 bridgehead atoms. The van der Waals surface area contributed by atoms with Crippen LogP contribution in [0.4, 0.5) is 11.6 Å². The summed E-state index contributed by atoms with van der Waals surface area (Å²) >= 11 is 5.78. The Labute approximate surface area is 132 Å². The highest BCUT2D eigenvalue weighted by molar-refractivity contribution is 6.17. The van der Waals surface area contributed by atoms with Gasteiger partial charge in [0, 0.05) is 18.4 Å².